The molecule has 1 N–H and O–H groups in total. The second-order valence-corrected chi connectivity index (χ2v) is 7.20. The molecule has 160 valence electrons. The molecular formula is C25H21N3O4. The molecule has 1 unspecified atom stereocenters. The number of carbonyl (C=O) groups is 2. The molecule has 7 heteroatoms. The van der Waals surface area contributed by atoms with Gasteiger partial charge < -0.3 is 14.7 Å². The monoisotopic (exact) mass is 427 g/mol. The number of aromatic nitrogens is 2. The molecule has 32 heavy (non-hydrogen) atoms. The van der Waals surface area contributed by atoms with Crippen molar-refractivity contribution >= 4 is 17.4 Å². The average molecular weight is 427 g/mol. The quantitative estimate of drug-likeness (QED) is 0.268. The minimum atomic E-state index is -0.796. The number of nitrogens with zero attached hydrogens (tertiary/aromatic N) is 3. The zero-order valence-corrected chi connectivity index (χ0v) is 17.2. The standard InChI is InChI=1S/C25H21N3O4/c1-2-13-32-20-7-3-6-19(14-20)22-21(23(29)18-8-11-26-12-9-18)24(30)25(31)28(22)16-17-5-4-10-27-15-17/h2-12,14-15,22,29H,1,13,16H2. The smallest absolute Gasteiger partial charge is 0.295 e. The number of hydrogen-bond donors (Lipinski definition) is 1. The van der Waals surface area contributed by atoms with Gasteiger partial charge in [0.2, 0.25) is 0 Å². The minimum absolute atomic E-state index is 0.0194. The van der Waals surface area contributed by atoms with Crippen molar-refractivity contribution in [3.8, 4) is 5.75 Å². The zero-order chi connectivity index (χ0) is 22.5. The van der Waals surface area contributed by atoms with Gasteiger partial charge in [-0.25, -0.2) is 0 Å². The van der Waals surface area contributed by atoms with E-state index in [9.17, 15) is 14.7 Å². The molecule has 0 aliphatic carbocycles. The van der Waals surface area contributed by atoms with Crippen molar-refractivity contribution in [3.05, 3.63) is 108 Å². The van der Waals surface area contributed by atoms with Crippen molar-refractivity contribution in [3.63, 3.8) is 0 Å². The highest BCUT2D eigenvalue weighted by Crippen LogP contribution is 2.41. The van der Waals surface area contributed by atoms with Crippen LogP contribution in [-0.4, -0.2) is 38.3 Å². The Bertz CT molecular complexity index is 1180. The van der Waals surface area contributed by atoms with E-state index < -0.39 is 17.7 Å². The van der Waals surface area contributed by atoms with Gasteiger partial charge in [0.05, 0.1) is 11.6 Å². The first-order chi connectivity index (χ1) is 15.6. The van der Waals surface area contributed by atoms with Crippen LogP contribution in [0.15, 0.2) is 91.5 Å². The number of ketones is 1. The molecule has 1 aliphatic rings. The van der Waals surface area contributed by atoms with Crippen molar-refractivity contribution in [2.45, 2.75) is 12.6 Å². The van der Waals surface area contributed by atoms with Crippen LogP contribution in [-0.2, 0) is 16.1 Å². The zero-order valence-electron chi connectivity index (χ0n) is 17.2. The van der Waals surface area contributed by atoms with Crippen LogP contribution in [0.5, 0.6) is 5.75 Å². The third kappa shape index (κ3) is 4.13. The van der Waals surface area contributed by atoms with Gasteiger partial charge in [-0.3, -0.25) is 19.6 Å². The lowest BCUT2D eigenvalue weighted by molar-refractivity contribution is -0.140. The number of ether oxygens (including phenoxy) is 1. The van der Waals surface area contributed by atoms with E-state index in [1.165, 1.54) is 17.3 Å². The molecule has 1 amide bonds. The number of amides is 1. The fraction of sp³-hybridized carbons (Fsp3) is 0.120. The summed E-state index contributed by atoms with van der Waals surface area (Å²) in [7, 11) is 0. The largest absolute Gasteiger partial charge is 0.507 e. The number of hydrogen-bond acceptors (Lipinski definition) is 6. The third-order valence-electron chi connectivity index (χ3n) is 5.11. The molecule has 2 aromatic heterocycles. The summed E-state index contributed by atoms with van der Waals surface area (Å²) in [5.74, 6) is -1.11. The maximum atomic E-state index is 13.1. The molecule has 1 atom stereocenters. The first-order valence-corrected chi connectivity index (χ1v) is 10.0. The molecule has 1 fully saturated rings. The Labute approximate surface area is 185 Å². The molecule has 1 saturated heterocycles. The maximum Gasteiger partial charge on any atom is 0.295 e. The second-order valence-electron chi connectivity index (χ2n) is 7.20. The number of aliphatic hydroxyl groups excluding tert-OH is 1. The Morgan fingerprint density at radius 1 is 1.09 bits per heavy atom. The predicted octanol–water partition coefficient (Wildman–Crippen LogP) is 3.66. The first-order valence-electron chi connectivity index (χ1n) is 10.0. The van der Waals surface area contributed by atoms with Crippen LogP contribution in [0.4, 0.5) is 0 Å². The summed E-state index contributed by atoms with van der Waals surface area (Å²) in [6.07, 6.45) is 7.94. The van der Waals surface area contributed by atoms with E-state index in [0.29, 0.717) is 23.5 Å². The molecular weight excluding hydrogens is 406 g/mol. The van der Waals surface area contributed by atoms with E-state index >= 15 is 0 Å². The molecule has 1 aromatic carbocycles. The van der Waals surface area contributed by atoms with Gasteiger partial charge in [-0.15, -0.1) is 0 Å². The van der Waals surface area contributed by atoms with Crippen LogP contribution in [0.25, 0.3) is 5.76 Å². The minimum Gasteiger partial charge on any atom is -0.507 e. The summed E-state index contributed by atoms with van der Waals surface area (Å²) in [6.45, 7) is 4.13. The van der Waals surface area contributed by atoms with E-state index in [4.69, 9.17) is 4.74 Å². The van der Waals surface area contributed by atoms with Crippen LogP contribution in [0, 0.1) is 0 Å². The van der Waals surface area contributed by atoms with Crippen LogP contribution in [0.1, 0.15) is 22.7 Å². The molecule has 0 radical (unpaired) electrons. The number of likely N-dealkylation sites (tertiary alicyclic amines) is 1. The van der Waals surface area contributed by atoms with Crippen molar-refractivity contribution in [2.24, 2.45) is 0 Å². The van der Waals surface area contributed by atoms with Crippen molar-refractivity contribution in [1.29, 1.82) is 0 Å². The molecule has 4 rings (SSSR count). The number of carbonyl (C=O) groups excluding carboxylic acids is 2. The van der Waals surface area contributed by atoms with Gasteiger partial charge in [-0.1, -0.05) is 30.9 Å². The number of aliphatic hydroxyl groups is 1. The lowest BCUT2D eigenvalue weighted by atomic mass is 9.95. The Morgan fingerprint density at radius 2 is 1.91 bits per heavy atom. The highest BCUT2D eigenvalue weighted by atomic mass is 16.5. The number of Topliss-reactive ketones (excluding diaryl/α,β-unsaturated/α-hetero) is 1. The molecule has 0 bridgehead atoms. The van der Waals surface area contributed by atoms with Crippen molar-refractivity contribution in [1.82, 2.24) is 14.9 Å². The Morgan fingerprint density at radius 3 is 2.62 bits per heavy atom. The summed E-state index contributed by atoms with van der Waals surface area (Å²) < 4.78 is 5.64. The SMILES string of the molecule is C=CCOc1cccc(C2C(=C(O)c3ccncc3)C(=O)C(=O)N2Cc2cccnc2)c1. The average Bonchev–Trinajstić information content (AvgIpc) is 3.08. The van der Waals surface area contributed by atoms with Crippen LogP contribution >= 0.6 is 0 Å². The second kappa shape index (κ2) is 9.26. The fourth-order valence-electron chi connectivity index (χ4n) is 3.67. The number of rotatable bonds is 7. The van der Waals surface area contributed by atoms with Gasteiger partial charge in [-0.2, -0.15) is 0 Å². The van der Waals surface area contributed by atoms with Gasteiger partial charge in [0, 0.05) is 36.9 Å². The third-order valence-corrected chi connectivity index (χ3v) is 5.11. The molecule has 1 aliphatic heterocycles. The molecule has 0 saturated carbocycles. The van der Waals surface area contributed by atoms with Crippen LogP contribution in [0.2, 0.25) is 0 Å². The van der Waals surface area contributed by atoms with Crippen LogP contribution in [0.3, 0.4) is 0 Å². The topological polar surface area (TPSA) is 92.6 Å². The molecule has 3 aromatic rings. The molecule has 3 heterocycles. The van der Waals surface area contributed by atoms with E-state index in [-0.39, 0.29) is 17.9 Å². The van der Waals surface area contributed by atoms with Gasteiger partial charge in [-0.05, 0) is 41.5 Å². The maximum absolute atomic E-state index is 13.1. The fourth-order valence-corrected chi connectivity index (χ4v) is 3.67. The summed E-state index contributed by atoms with van der Waals surface area (Å²) in [5, 5.41) is 11.0. The Kier molecular flexibility index (Phi) is 6.07. The molecule has 7 nitrogen and oxygen atoms in total. The van der Waals surface area contributed by atoms with Crippen molar-refractivity contribution < 1.29 is 19.4 Å². The van der Waals surface area contributed by atoms with Gasteiger partial charge >= 0.3 is 0 Å². The Hall–Kier alpha value is -4.26. The molecule has 0 spiro atoms. The summed E-state index contributed by atoms with van der Waals surface area (Å²) >= 11 is 0. The van der Waals surface area contributed by atoms with E-state index in [2.05, 4.69) is 16.5 Å². The van der Waals surface area contributed by atoms with Crippen molar-refractivity contribution in [2.75, 3.05) is 6.61 Å². The van der Waals surface area contributed by atoms with Gasteiger partial charge in [0.1, 0.15) is 18.1 Å². The summed E-state index contributed by atoms with van der Waals surface area (Å²) in [6, 6.07) is 13.1. The number of pyridine rings is 2. The highest BCUT2D eigenvalue weighted by Gasteiger charge is 2.46. The van der Waals surface area contributed by atoms with Gasteiger partial charge in [0.15, 0.2) is 0 Å². The summed E-state index contributed by atoms with van der Waals surface area (Å²) in [5.41, 5.74) is 1.84. The van der Waals surface area contributed by atoms with Gasteiger partial charge in [0.25, 0.3) is 11.7 Å². The Balaban J connectivity index is 1.84. The van der Waals surface area contributed by atoms with E-state index in [1.54, 1.807) is 60.9 Å². The van der Waals surface area contributed by atoms with Crippen LogP contribution < -0.4 is 4.74 Å². The lowest BCUT2D eigenvalue weighted by Gasteiger charge is -2.25. The lowest BCUT2D eigenvalue weighted by Crippen LogP contribution is -2.29. The highest BCUT2D eigenvalue weighted by molar-refractivity contribution is 6.46. The summed E-state index contributed by atoms with van der Waals surface area (Å²) in [4.78, 5) is 35.6. The van der Waals surface area contributed by atoms with E-state index in [1.807, 2.05) is 6.07 Å². The number of benzene rings is 1. The van der Waals surface area contributed by atoms with E-state index in [0.717, 1.165) is 5.56 Å². The normalized spacial score (nSPS) is 17.4. The predicted molar refractivity (Wildman–Crippen MR) is 118 cm³/mol. The first kappa shape index (κ1) is 21.0.